The monoisotopic (exact) mass is 438 g/mol. The van der Waals surface area contributed by atoms with Gasteiger partial charge >= 0.3 is 5.97 Å². The Morgan fingerprint density at radius 3 is 2.67 bits per heavy atom. The third kappa shape index (κ3) is 2.78. The number of halogens is 1. The van der Waals surface area contributed by atoms with Crippen LogP contribution in [-0.4, -0.2) is 38.1 Å². The molecule has 3 heterocycles. The summed E-state index contributed by atoms with van der Waals surface area (Å²) in [5.41, 5.74) is 1.32. The van der Waals surface area contributed by atoms with Gasteiger partial charge in [-0.3, -0.25) is 19.3 Å². The van der Waals surface area contributed by atoms with Gasteiger partial charge in [-0.2, -0.15) is 9.50 Å². The van der Waals surface area contributed by atoms with E-state index in [0.717, 1.165) is 20.8 Å². The van der Waals surface area contributed by atoms with Crippen LogP contribution in [-0.2, 0) is 9.59 Å². The van der Waals surface area contributed by atoms with E-state index in [-0.39, 0.29) is 10.1 Å². The molecule has 0 aliphatic carbocycles. The zero-order chi connectivity index (χ0) is 21.0. The van der Waals surface area contributed by atoms with Crippen molar-refractivity contribution < 1.29 is 14.7 Å². The minimum absolute atomic E-state index is 0.165. The van der Waals surface area contributed by atoms with Crippen molar-refractivity contribution in [2.75, 3.05) is 11.4 Å². The third-order valence-corrected chi connectivity index (χ3v) is 5.95. The van der Waals surface area contributed by atoms with Crippen LogP contribution in [0.3, 0.4) is 0 Å². The van der Waals surface area contributed by atoms with E-state index in [2.05, 4.69) is 10.1 Å². The van der Waals surface area contributed by atoms with Gasteiger partial charge in [0.05, 0.1) is 11.3 Å². The molecule has 8 nitrogen and oxygen atoms in total. The Morgan fingerprint density at radius 1 is 1.13 bits per heavy atom. The maximum Gasteiger partial charge on any atom is 0.323 e. The van der Waals surface area contributed by atoms with Crippen LogP contribution >= 0.6 is 22.9 Å². The standard InChI is InChI=1S/C20H11ClN4O4S/c21-11-5-3-4-10(8-11)17-22-20-25(23-17)19(29)16(30-20)15-12-6-1-2-7-13(12)24(18(15)28)9-14(26)27/h1-8H,9H2,(H,26,27). The molecule has 0 spiro atoms. The van der Waals surface area contributed by atoms with Crippen molar-refractivity contribution in [2.24, 2.45) is 0 Å². The number of carbonyl (C=O) groups is 2. The molecule has 1 aliphatic heterocycles. The van der Waals surface area contributed by atoms with Crippen molar-refractivity contribution in [1.82, 2.24) is 14.6 Å². The molecule has 10 heteroatoms. The average molecular weight is 439 g/mol. The normalized spacial score (nSPS) is 15.1. The third-order valence-electron chi connectivity index (χ3n) is 4.68. The van der Waals surface area contributed by atoms with Crippen LogP contribution < -0.4 is 15.0 Å². The lowest BCUT2D eigenvalue weighted by molar-refractivity contribution is -0.136. The van der Waals surface area contributed by atoms with E-state index in [1.807, 2.05) is 0 Å². The molecule has 148 valence electrons. The summed E-state index contributed by atoms with van der Waals surface area (Å²) in [6.45, 7) is -0.493. The number of anilines is 1. The Hall–Kier alpha value is -3.56. The van der Waals surface area contributed by atoms with Crippen LogP contribution in [0.5, 0.6) is 0 Å². The van der Waals surface area contributed by atoms with Crippen LogP contribution in [0, 0.1) is 0 Å². The molecular weight excluding hydrogens is 428 g/mol. The maximum absolute atomic E-state index is 13.0. The number of nitrogens with zero attached hydrogens (tertiary/aromatic N) is 4. The largest absolute Gasteiger partial charge is 0.480 e. The Morgan fingerprint density at radius 2 is 1.93 bits per heavy atom. The number of benzene rings is 2. The van der Waals surface area contributed by atoms with Gasteiger partial charge in [0.15, 0.2) is 5.82 Å². The number of carbonyl (C=O) groups excluding carboxylic acids is 1. The number of carboxylic acid groups (broad SMARTS) is 1. The lowest BCUT2D eigenvalue weighted by atomic mass is 10.1. The fourth-order valence-electron chi connectivity index (χ4n) is 3.43. The van der Waals surface area contributed by atoms with Gasteiger partial charge in [-0.05, 0) is 18.2 Å². The van der Waals surface area contributed by atoms with Gasteiger partial charge in [0.25, 0.3) is 11.5 Å². The number of rotatable bonds is 3. The molecule has 0 unspecified atom stereocenters. The topological polar surface area (TPSA) is 105 Å². The Balaban J connectivity index is 1.72. The van der Waals surface area contributed by atoms with Crippen LogP contribution in [0.25, 0.3) is 21.9 Å². The SMILES string of the molecule is O=C(O)CN1C(=O)C(=c2sc3nc(-c4cccc(Cl)c4)nn3c2=O)c2ccccc21. The summed E-state index contributed by atoms with van der Waals surface area (Å²) in [5.74, 6) is -1.33. The summed E-state index contributed by atoms with van der Waals surface area (Å²) in [5, 5.41) is 14.0. The summed E-state index contributed by atoms with van der Waals surface area (Å²) in [6.07, 6.45) is 0. The number of carboxylic acids is 1. The molecule has 0 radical (unpaired) electrons. The summed E-state index contributed by atoms with van der Waals surface area (Å²) < 4.78 is 1.33. The lowest BCUT2D eigenvalue weighted by Gasteiger charge is -2.13. The highest BCUT2D eigenvalue weighted by atomic mass is 35.5. The van der Waals surface area contributed by atoms with Gasteiger partial charge in [-0.1, -0.05) is 53.3 Å². The first-order chi connectivity index (χ1) is 14.4. The van der Waals surface area contributed by atoms with Crippen molar-refractivity contribution in [3.63, 3.8) is 0 Å². The number of amides is 1. The molecule has 1 aliphatic rings. The molecule has 0 atom stereocenters. The molecular formula is C20H11ClN4O4S. The molecule has 30 heavy (non-hydrogen) atoms. The molecule has 4 aromatic rings. The number of fused-ring (bicyclic) bond motifs is 2. The average Bonchev–Trinajstić information content (AvgIpc) is 3.34. The highest BCUT2D eigenvalue weighted by Crippen LogP contribution is 2.35. The lowest BCUT2D eigenvalue weighted by Crippen LogP contribution is -2.35. The smallest absolute Gasteiger partial charge is 0.323 e. The van der Waals surface area contributed by atoms with E-state index in [0.29, 0.717) is 32.6 Å². The molecule has 1 N–H and O–H groups in total. The Kier molecular flexibility index (Phi) is 4.16. The van der Waals surface area contributed by atoms with Gasteiger partial charge in [0.1, 0.15) is 11.1 Å². The minimum atomic E-state index is -1.14. The Labute approximate surface area is 177 Å². The first-order valence-electron chi connectivity index (χ1n) is 8.77. The number of thiazole rings is 1. The van der Waals surface area contributed by atoms with Crippen molar-refractivity contribution in [2.45, 2.75) is 0 Å². The zero-order valence-corrected chi connectivity index (χ0v) is 16.6. The maximum atomic E-state index is 13.0. The molecule has 0 saturated carbocycles. The fraction of sp³-hybridized carbons (Fsp3) is 0.0500. The van der Waals surface area contributed by atoms with Gasteiger partial charge in [0.2, 0.25) is 4.96 Å². The van der Waals surface area contributed by atoms with Gasteiger partial charge in [-0.15, -0.1) is 5.10 Å². The van der Waals surface area contributed by atoms with E-state index < -0.39 is 24.0 Å². The summed E-state index contributed by atoms with van der Waals surface area (Å²) >= 11 is 7.06. The second kappa shape index (κ2) is 6.75. The number of para-hydroxylation sites is 1. The van der Waals surface area contributed by atoms with Crippen molar-refractivity contribution in [1.29, 1.82) is 0 Å². The molecule has 2 aromatic heterocycles. The zero-order valence-electron chi connectivity index (χ0n) is 15.1. The van der Waals surface area contributed by atoms with Gasteiger partial charge in [-0.25, -0.2) is 0 Å². The van der Waals surface area contributed by atoms with E-state index in [4.69, 9.17) is 11.6 Å². The van der Waals surface area contributed by atoms with Gasteiger partial charge < -0.3 is 5.11 Å². The number of hydrogen-bond acceptors (Lipinski definition) is 6. The summed E-state index contributed by atoms with van der Waals surface area (Å²) in [4.78, 5) is 43.2. The van der Waals surface area contributed by atoms with Crippen LogP contribution in [0.4, 0.5) is 5.69 Å². The fourth-order valence-corrected chi connectivity index (χ4v) is 4.62. The van der Waals surface area contributed by atoms with Crippen LogP contribution in [0.15, 0.2) is 53.3 Å². The Bertz CT molecular complexity index is 1480. The minimum Gasteiger partial charge on any atom is -0.480 e. The van der Waals surface area contributed by atoms with Crippen molar-refractivity contribution >= 4 is 51.0 Å². The summed E-state index contributed by atoms with van der Waals surface area (Å²) in [6, 6.07) is 13.8. The number of aliphatic carboxylic acids is 1. The molecule has 5 rings (SSSR count). The predicted octanol–water partition coefficient (Wildman–Crippen LogP) is 1.82. The van der Waals surface area contributed by atoms with E-state index in [9.17, 15) is 19.5 Å². The van der Waals surface area contributed by atoms with Gasteiger partial charge in [0, 0.05) is 16.1 Å². The summed E-state index contributed by atoms with van der Waals surface area (Å²) in [7, 11) is 0. The first-order valence-corrected chi connectivity index (χ1v) is 9.96. The predicted molar refractivity (Wildman–Crippen MR) is 112 cm³/mol. The van der Waals surface area contributed by atoms with Crippen molar-refractivity contribution in [3.8, 4) is 11.4 Å². The van der Waals surface area contributed by atoms with E-state index in [1.54, 1.807) is 48.5 Å². The molecule has 0 fully saturated rings. The van der Waals surface area contributed by atoms with Crippen molar-refractivity contribution in [3.05, 3.63) is 74.0 Å². The molecule has 1 amide bonds. The van der Waals surface area contributed by atoms with E-state index in [1.165, 1.54) is 0 Å². The quantitative estimate of drug-likeness (QED) is 0.523. The molecule has 0 bridgehead atoms. The second-order valence-electron chi connectivity index (χ2n) is 6.55. The number of aromatic nitrogens is 3. The first kappa shape index (κ1) is 18.5. The highest BCUT2D eigenvalue weighted by Gasteiger charge is 2.35. The highest BCUT2D eigenvalue weighted by molar-refractivity contribution is 7.15. The van der Waals surface area contributed by atoms with Crippen LogP contribution in [0.1, 0.15) is 5.56 Å². The number of hydrogen-bond donors (Lipinski definition) is 1. The van der Waals surface area contributed by atoms with Crippen LogP contribution in [0.2, 0.25) is 5.02 Å². The van der Waals surface area contributed by atoms with E-state index >= 15 is 0 Å². The molecule has 0 saturated heterocycles. The molecule has 2 aromatic carbocycles. The second-order valence-corrected chi connectivity index (χ2v) is 7.97.